The van der Waals surface area contributed by atoms with Crippen LogP contribution in [-0.4, -0.2) is 24.7 Å². The zero-order chi connectivity index (χ0) is 16.9. The molecule has 2 aromatic carbocycles. The van der Waals surface area contributed by atoms with Gasteiger partial charge in [-0.15, -0.1) is 0 Å². The van der Waals surface area contributed by atoms with E-state index in [-0.39, 0.29) is 5.97 Å². The van der Waals surface area contributed by atoms with Gasteiger partial charge in [0.1, 0.15) is 5.75 Å². The predicted molar refractivity (Wildman–Crippen MR) is 95.0 cm³/mol. The van der Waals surface area contributed by atoms with E-state index in [1.54, 1.807) is 14.0 Å². The van der Waals surface area contributed by atoms with E-state index < -0.39 is 0 Å². The lowest BCUT2D eigenvalue weighted by Gasteiger charge is -2.11. The molecule has 3 rings (SSSR count). The first-order valence-corrected chi connectivity index (χ1v) is 7.82. The Kier molecular flexibility index (Phi) is 4.66. The van der Waals surface area contributed by atoms with E-state index in [0.717, 1.165) is 33.4 Å². The molecule has 1 heterocycles. The van der Waals surface area contributed by atoms with E-state index in [4.69, 9.17) is 9.47 Å². The average Bonchev–Trinajstić information content (AvgIpc) is 3.08. The predicted octanol–water partition coefficient (Wildman–Crippen LogP) is 4.17. The molecule has 3 aromatic rings. The fraction of sp³-hybridized carbons (Fsp3) is 0.150. The molecule has 0 amide bonds. The maximum Gasteiger partial charge on any atom is 0.331 e. The van der Waals surface area contributed by atoms with Gasteiger partial charge >= 0.3 is 5.97 Å². The Morgan fingerprint density at radius 3 is 2.62 bits per heavy atom. The van der Waals surface area contributed by atoms with Crippen molar-refractivity contribution in [2.75, 3.05) is 13.7 Å². The minimum absolute atomic E-state index is 0.345. The maximum absolute atomic E-state index is 12.0. The van der Waals surface area contributed by atoms with Crippen molar-refractivity contribution in [3.8, 4) is 5.75 Å². The lowest BCUT2D eigenvalue weighted by Crippen LogP contribution is -2.02. The highest BCUT2D eigenvalue weighted by Gasteiger charge is 2.12. The molecule has 24 heavy (non-hydrogen) atoms. The summed E-state index contributed by atoms with van der Waals surface area (Å²) in [7, 11) is 1.64. The van der Waals surface area contributed by atoms with Gasteiger partial charge in [0.2, 0.25) is 0 Å². The lowest BCUT2D eigenvalue weighted by molar-refractivity contribution is -0.137. The Balaban J connectivity index is 2.17. The van der Waals surface area contributed by atoms with E-state index in [2.05, 4.69) is 4.98 Å². The number of aromatic nitrogens is 1. The molecule has 0 spiro atoms. The molecule has 0 aliphatic carbocycles. The first-order chi connectivity index (χ1) is 11.7. The lowest BCUT2D eigenvalue weighted by atomic mass is 9.96. The number of hydrogen-bond acceptors (Lipinski definition) is 3. The quantitative estimate of drug-likeness (QED) is 0.567. The highest BCUT2D eigenvalue weighted by Crippen LogP contribution is 2.32. The molecule has 0 bridgehead atoms. The molecular weight excluding hydrogens is 302 g/mol. The topological polar surface area (TPSA) is 51.3 Å². The number of benzene rings is 2. The summed E-state index contributed by atoms with van der Waals surface area (Å²) in [4.78, 5) is 15.2. The third-order valence-electron chi connectivity index (χ3n) is 3.79. The van der Waals surface area contributed by atoms with Crippen molar-refractivity contribution >= 4 is 22.4 Å². The molecule has 0 aliphatic heterocycles. The van der Waals surface area contributed by atoms with Crippen molar-refractivity contribution in [3.05, 3.63) is 71.9 Å². The fourth-order valence-electron chi connectivity index (χ4n) is 2.71. The summed E-state index contributed by atoms with van der Waals surface area (Å²) in [5, 5.41) is 1.02. The Morgan fingerprint density at radius 1 is 1.12 bits per heavy atom. The molecule has 122 valence electrons. The van der Waals surface area contributed by atoms with Gasteiger partial charge in [0.25, 0.3) is 0 Å². The van der Waals surface area contributed by atoms with Crippen LogP contribution in [0.4, 0.5) is 0 Å². The van der Waals surface area contributed by atoms with E-state index in [0.29, 0.717) is 6.61 Å². The van der Waals surface area contributed by atoms with E-state index in [1.165, 1.54) is 6.08 Å². The summed E-state index contributed by atoms with van der Waals surface area (Å²) in [5.74, 6) is 0.377. The van der Waals surface area contributed by atoms with Crippen LogP contribution < -0.4 is 4.74 Å². The molecule has 1 N–H and O–H groups in total. The second-order valence-electron chi connectivity index (χ2n) is 5.30. The molecule has 0 unspecified atom stereocenters. The summed E-state index contributed by atoms with van der Waals surface area (Å²) < 4.78 is 10.6. The summed E-state index contributed by atoms with van der Waals surface area (Å²) in [5.41, 5.74) is 3.58. The van der Waals surface area contributed by atoms with Crippen LogP contribution in [-0.2, 0) is 9.53 Å². The van der Waals surface area contributed by atoms with E-state index in [9.17, 15) is 4.79 Å². The van der Waals surface area contributed by atoms with Crippen LogP contribution in [0.2, 0.25) is 0 Å². The van der Waals surface area contributed by atoms with Gasteiger partial charge in [-0.3, -0.25) is 0 Å². The van der Waals surface area contributed by atoms with Gasteiger partial charge in [-0.2, -0.15) is 0 Å². The SMILES string of the molecule is CCOC(=O)/C=C(\c1ccccc1)c1cc(OC)c2[nH]ccc2c1. The Hall–Kier alpha value is -3.01. The summed E-state index contributed by atoms with van der Waals surface area (Å²) in [6.45, 7) is 2.14. The minimum atomic E-state index is -0.357. The van der Waals surface area contributed by atoms with Crippen molar-refractivity contribution in [2.45, 2.75) is 6.92 Å². The van der Waals surface area contributed by atoms with Crippen molar-refractivity contribution in [1.29, 1.82) is 0 Å². The van der Waals surface area contributed by atoms with Crippen LogP contribution in [0.5, 0.6) is 5.75 Å². The molecule has 1 aromatic heterocycles. The molecular formula is C20H19NO3. The molecule has 0 fully saturated rings. The Bertz CT molecular complexity index is 878. The standard InChI is InChI=1S/C20H19NO3/c1-3-24-19(22)13-17(14-7-5-4-6-8-14)16-11-15-9-10-21-20(15)18(12-16)23-2/h4-13,21H,3H2,1-2H3/b17-13+. The van der Waals surface area contributed by atoms with Gasteiger partial charge in [-0.1, -0.05) is 30.3 Å². The van der Waals surface area contributed by atoms with Gasteiger partial charge in [0.05, 0.1) is 19.2 Å². The Morgan fingerprint density at radius 2 is 1.92 bits per heavy atom. The summed E-state index contributed by atoms with van der Waals surface area (Å²) in [6.07, 6.45) is 3.40. The molecule has 0 atom stereocenters. The van der Waals surface area contributed by atoms with Crippen LogP contribution in [0.25, 0.3) is 16.5 Å². The Labute approximate surface area is 140 Å². The van der Waals surface area contributed by atoms with Crippen LogP contribution in [0.15, 0.2) is 60.8 Å². The molecule has 0 aliphatic rings. The first kappa shape index (κ1) is 15.9. The third-order valence-corrected chi connectivity index (χ3v) is 3.79. The number of rotatable bonds is 5. The second kappa shape index (κ2) is 7.04. The van der Waals surface area contributed by atoms with Crippen LogP contribution in [0.1, 0.15) is 18.1 Å². The highest BCUT2D eigenvalue weighted by atomic mass is 16.5. The normalized spacial score (nSPS) is 11.5. The van der Waals surface area contributed by atoms with E-state index in [1.807, 2.05) is 54.7 Å². The maximum atomic E-state index is 12.0. The molecule has 4 heteroatoms. The average molecular weight is 321 g/mol. The number of nitrogens with one attached hydrogen (secondary N) is 1. The third kappa shape index (κ3) is 3.18. The number of hydrogen-bond donors (Lipinski definition) is 1. The zero-order valence-corrected chi connectivity index (χ0v) is 13.7. The number of aromatic amines is 1. The molecule has 4 nitrogen and oxygen atoms in total. The molecule has 0 saturated carbocycles. The number of esters is 1. The van der Waals surface area contributed by atoms with Gasteiger partial charge in [0.15, 0.2) is 0 Å². The van der Waals surface area contributed by atoms with Crippen LogP contribution in [0.3, 0.4) is 0 Å². The number of carbonyl (C=O) groups is 1. The zero-order valence-electron chi connectivity index (χ0n) is 13.7. The highest BCUT2D eigenvalue weighted by molar-refractivity contribution is 5.99. The monoisotopic (exact) mass is 321 g/mol. The minimum Gasteiger partial charge on any atom is -0.495 e. The van der Waals surface area contributed by atoms with Crippen LogP contribution in [0, 0.1) is 0 Å². The van der Waals surface area contributed by atoms with E-state index >= 15 is 0 Å². The van der Waals surface area contributed by atoms with Crippen molar-refractivity contribution in [3.63, 3.8) is 0 Å². The van der Waals surface area contributed by atoms with Gasteiger partial charge in [0, 0.05) is 17.7 Å². The fourth-order valence-corrected chi connectivity index (χ4v) is 2.71. The molecule has 0 radical (unpaired) electrons. The van der Waals surface area contributed by atoms with Gasteiger partial charge in [-0.25, -0.2) is 4.79 Å². The second-order valence-corrected chi connectivity index (χ2v) is 5.30. The first-order valence-electron chi connectivity index (χ1n) is 7.82. The summed E-state index contributed by atoms with van der Waals surface area (Å²) >= 11 is 0. The smallest absolute Gasteiger partial charge is 0.331 e. The summed E-state index contributed by atoms with van der Waals surface area (Å²) in [6, 6.07) is 15.7. The number of H-pyrrole nitrogens is 1. The molecule has 0 saturated heterocycles. The van der Waals surface area contributed by atoms with Gasteiger partial charge in [-0.05, 0) is 41.8 Å². The van der Waals surface area contributed by atoms with Crippen molar-refractivity contribution in [2.24, 2.45) is 0 Å². The number of carbonyl (C=O) groups excluding carboxylic acids is 1. The van der Waals surface area contributed by atoms with Crippen LogP contribution >= 0.6 is 0 Å². The van der Waals surface area contributed by atoms with Gasteiger partial charge < -0.3 is 14.5 Å². The number of ether oxygens (including phenoxy) is 2. The van der Waals surface area contributed by atoms with Crippen molar-refractivity contribution < 1.29 is 14.3 Å². The van der Waals surface area contributed by atoms with Crippen molar-refractivity contribution in [1.82, 2.24) is 4.98 Å². The number of fused-ring (bicyclic) bond motifs is 1. The number of methoxy groups -OCH3 is 1. The largest absolute Gasteiger partial charge is 0.495 e.